The van der Waals surface area contributed by atoms with Gasteiger partial charge >= 0.3 is 0 Å². The number of rotatable bonds is 4. The first kappa shape index (κ1) is 13.3. The van der Waals surface area contributed by atoms with Gasteiger partial charge in [0, 0.05) is 6.20 Å². The molecule has 5 nitrogen and oxygen atoms in total. The quantitative estimate of drug-likeness (QED) is 0.848. The fourth-order valence-electron chi connectivity index (χ4n) is 1.60. The molecule has 0 atom stereocenters. The summed E-state index contributed by atoms with van der Waals surface area (Å²) in [7, 11) is 0. The van der Waals surface area contributed by atoms with Crippen molar-refractivity contribution in [3.8, 4) is 11.5 Å². The Kier molecular flexibility index (Phi) is 3.64. The molecule has 0 fully saturated rings. The summed E-state index contributed by atoms with van der Waals surface area (Å²) in [6.07, 6.45) is -1.97. The lowest BCUT2D eigenvalue weighted by atomic mass is 10.1. The van der Waals surface area contributed by atoms with Crippen LogP contribution in [0.5, 0.6) is 0 Å². The van der Waals surface area contributed by atoms with Crippen LogP contribution in [0.2, 0.25) is 0 Å². The van der Waals surface area contributed by atoms with Gasteiger partial charge in [-0.2, -0.15) is 4.98 Å². The van der Waals surface area contributed by atoms with E-state index in [4.69, 9.17) is 4.52 Å². The van der Waals surface area contributed by atoms with Gasteiger partial charge in [0.2, 0.25) is 17.5 Å². The van der Waals surface area contributed by atoms with Crippen molar-refractivity contribution in [1.82, 2.24) is 15.1 Å². The zero-order valence-corrected chi connectivity index (χ0v) is 10.4. The summed E-state index contributed by atoms with van der Waals surface area (Å²) < 4.78 is 29.0. The summed E-state index contributed by atoms with van der Waals surface area (Å²) in [5.74, 6) is -1.19. The number of hydrogen-bond acceptors (Lipinski definition) is 5. The van der Waals surface area contributed by atoms with Gasteiger partial charge in [0.15, 0.2) is 0 Å². The Morgan fingerprint density at radius 2 is 2.16 bits per heavy atom. The molecule has 0 aromatic carbocycles. The molecule has 2 heterocycles. The number of alkyl halides is 2. The molecule has 0 bridgehead atoms. The number of halogens is 2. The molecule has 0 saturated carbocycles. The first-order valence-corrected chi connectivity index (χ1v) is 5.54. The number of aromatic nitrogens is 3. The van der Waals surface area contributed by atoms with Crippen LogP contribution in [0.25, 0.3) is 11.5 Å². The monoisotopic (exact) mass is 267 g/mol. The van der Waals surface area contributed by atoms with Gasteiger partial charge in [0.25, 0.3) is 6.43 Å². The summed E-state index contributed by atoms with van der Waals surface area (Å²) in [5.41, 5.74) is 2.33. The summed E-state index contributed by atoms with van der Waals surface area (Å²) >= 11 is 0. The minimum absolute atomic E-state index is 0.137. The Labute approximate surface area is 107 Å². The molecule has 2 aromatic rings. The average molecular weight is 267 g/mol. The van der Waals surface area contributed by atoms with Crippen LogP contribution in [-0.4, -0.2) is 27.3 Å². The van der Waals surface area contributed by atoms with Gasteiger partial charge in [-0.15, -0.1) is 0 Å². The van der Waals surface area contributed by atoms with Crippen molar-refractivity contribution in [3.63, 3.8) is 0 Å². The molecule has 7 heteroatoms. The Hall–Kier alpha value is -2.18. The number of carbonyl (C=O) groups is 1. The maximum absolute atomic E-state index is 12.1. The first-order valence-electron chi connectivity index (χ1n) is 5.54. The number of pyridine rings is 1. The Morgan fingerprint density at radius 3 is 2.79 bits per heavy atom. The predicted molar refractivity (Wildman–Crippen MR) is 61.7 cm³/mol. The van der Waals surface area contributed by atoms with Gasteiger partial charge in [-0.1, -0.05) is 11.2 Å². The van der Waals surface area contributed by atoms with E-state index in [0.717, 1.165) is 11.1 Å². The third-order valence-corrected chi connectivity index (χ3v) is 2.46. The second-order valence-corrected chi connectivity index (χ2v) is 4.13. The van der Waals surface area contributed by atoms with E-state index in [-0.39, 0.29) is 11.7 Å². The minimum atomic E-state index is -3.03. The van der Waals surface area contributed by atoms with Crippen LogP contribution in [0.15, 0.2) is 16.8 Å². The van der Waals surface area contributed by atoms with Gasteiger partial charge < -0.3 is 4.52 Å². The van der Waals surface area contributed by atoms with Crippen molar-refractivity contribution in [3.05, 3.63) is 29.3 Å². The second kappa shape index (κ2) is 5.21. The standard InChI is InChI=1S/C12H11F2N3O2/c1-6-3-7(2)10(15-5-6)12-16-9(19-17-12)4-8(18)11(13)14/h3,5,11H,4H2,1-2H3. The predicted octanol–water partition coefficient (Wildman–Crippen LogP) is 2.13. The molecule has 0 radical (unpaired) electrons. The molecule has 100 valence electrons. The minimum Gasteiger partial charge on any atom is -0.338 e. The van der Waals surface area contributed by atoms with Gasteiger partial charge in [0.1, 0.15) is 5.69 Å². The molecule has 19 heavy (non-hydrogen) atoms. The second-order valence-electron chi connectivity index (χ2n) is 4.13. The van der Waals surface area contributed by atoms with E-state index in [1.807, 2.05) is 19.9 Å². The summed E-state index contributed by atoms with van der Waals surface area (Å²) in [6, 6.07) is 1.89. The van der Waals surface area contributed by atoms with Gasteiger partial charge in [-0.05, 0) is 25.0 Å². The van der Waals surface area contributed by atoms with Crippen LogP contribution in [0, 0.1) is 13.8 Å². The lowest BCUT2D eigenvalue weighted by molar-refractivity contribution is -0.129. The lowest BCUT2D eigenvalue weighted by Gasteiger charge is -2.00. The van der Waals surface area contributed by atoms with Crippen molar-refractivity contribution >= 4 is 5.78 Å². The highest BCUT2D eigenvalue weighted by molar-refractivity contribution is 5.83. The van der Waals surface area contributed by atoms with Crippen LogP contribution in [0.3, 0.4) is 0 Å². The maximum atomic E-state index is 12.1. The molecule has 0 spiro atoms. The SMILES string of the molecule is Cc1cnc(-c2noc(CC(=O)C(F)F)n2)c(C)c1. The van der Waals surface area contributed by atoms with Crippen molar-refractivity contribution < 1.29 is 18.1 Å². The van der Waals surface area contributed by atoms with E-state index in [9.17, 15) is 13.6 Å². The summed E-state index contributed by atoms with van der Waals surface area (Å²) in [5, 5.41) is 3.64. The highest BCUT2D eigenvalue weighted by Crippen LogP contribution is 2.18. The van der Waals surface area contributed by atoms with Gasteiger partial charge in [0.05, 0.1) is 6.42 Å². The fraction of sp³-hybridized carbons (Fsp3) is 0.333. The Bertz CT molecular complexity index is 611. The smallest absolute Gasteiger partial charge is 0.296 e. The fourth-order valence-corrected chi connectivity index (χ4v) is 1.60. The molecule has 0 amide bonds. The van der Waals surface area contributed by atoms with Gasteiger partial charge in [-0.25, -0.2) is 8.78 Å². The number of ketones is 1. The van der Waals surface area contributed by atoms with Crippen molar-refractivity contribution in [2.45, 2.75) is 26.7 Å². The zero-order chi connectivity index (χ0) is 14.0. The molecule has 0 aliphatic carbocycles. The molecule has 0 aliphatic rings. The Balaban J connectivity index is 2.23. The normalized spacial score (nSPS) is 11.0. The van der Waals surface area contributed by atoms with Gasteiger partial charge in [-0.3, -0.25) is 9.78 Å². The van der Waals surface area contributed by atoms with Crippen LogP contribution in [0.1, 0.15) is 17.0 Å². The third-order valence-electron chi connectivity index (χ3n) is 2.46. The highest BCUT2D eigenvalue weighted by atomic mass is 19.3. The highest BCUT2D eigenvalue weighted by Gasteiger charge is 2.20. The van der Waals surface area contributed by atoms with Crippen LogP contribution in [0.4, 0.5) is 8.78 Å². The van der Waals surface area contributed by atoms with Crippen molar-refractivity contribution in [2.24, 2.45) is 0 Å². The topological polar surface area (TPSA) is 68.9 Å². The lowest BCUT2D eigenvalue weighted by Crippen LogP contribution is -2.12. The van der Waals surface area contributed by atoms with E-state index in [1.54, 1.807) is 6.20 Å². The maximum Gasteiger partial charge on any atom is 0.296 e. The van der Waals surface area contributed by atoms with Crippen molar-refractivity contribution in [1.29, 1.82) is 0 Å². The number of Topliss-reactive ketones (excluding diaryl/α,β-unsaturated/α-hetero) is 1. The number of nitrogens with zero attached hydrogens (tertiary/aromatic N) is 3. The van der Waals surface area contributed by atoms with E-state index < -0.39 is 18.6 Å². The third kappa shape index (κ3) is 2.98. The number of aryl methyl sites for hydroxylation is 2. The molecule has 0 saturated heterocycles. The zero-order valence-electron chi connectivity index (χ0n) is 10.4. The molecular weight excluding hydrogens is 256 g/mol. The molecule has 0 unspecified atom stereocenters. The van der Waals surface area contributed by atoms with E-state index in [2.05, 4.69) is 15.1 Å². The Morgan fingerprint density at radius 1 is 1.42 bits per heavy atom. The largest absolute Gasteiger partial charge is 0.338 e. The van der Waals surface area contributed by atoms with Crippen LogP contribution in [-0.2, 0) is 11.2 Å². The molecule has 2 aromatic heterocycles. The molecule has 0 aliphatic heterocycles. The summed E-state index contributed by atoms with van der Waals surface area (Å²) in [4.78, 5) is 18.9. The van der Waals surface area contributed by atoms with E-state index >= 15 is 0 Å². The first-order chi connectivity index (χ1) is 8.97. The summed E-state index contributed by atoms with van der Waals surface area (Å²) in [6.45, 7) is 3.72. The molecular formula is C12H11F2N3O2. The number of carbonyl (C=O) groups excluding carboxylic acids is 1. The van der Waals surface area contributed by atoms with E-state index in [0.29, 0.717) is 5.69 Å². The van der Waals surface area contributed by atoms with E-state index in [1.165, 1.54) is 0 Å². The average Bonchev–Trinajstić information content (AvgIpc) is 2.77. The van der Waals surface area contributed by atoms with Crippen LogP contribution >= 0.6 is 0 Å². The molecule has 0 N–H and O–H groups in total. The number of hydrogen-bond donors (Lipinski definition) is 0. The van der Waals surface area contributed by atoms with Crippen molar-refractivity contribution in [2.75, 3.05) is 0 Å². The molecule has 2 rings (SSSR count). The van der Waals surface area contributed by atoms with Crippen LogP contribution < -0.4 is 0 Å².